The minimum absolute atomic E-state index is 0.112. The number of aryl methyl sites for hydroxylation is 1. The predicted molar refractivity (Wildman–Crippen MR) is 106 cm³/mol. The Bertz CT molecular complexity index is 798. The number of β-amino-alcohol motifs (C(OH)–C–C–N with tert-alkyl or cyclic N) is 1. The molecule has 2 fully saturated rings. The summed E-state index contributed by atoms with van der Waals surface area (Å²) in [6, 6.07) is 8.25. The van der Waals surface area contributed by atoms with Crippen molar-refractivity contribution in [2.75, 3.05) is 19.6 Å². The highest BCUT2D eigenvalue weighted by atomic mass is 19.4. The average molecular weight is 424 g/mol. The molecule has 0 radical (unpaired) electrons. The molecule has 2 heterocycles. The highest BCUT2D eigenvalue weighted by molar-refractivity contribution is 5.23. The quantitative estimate of drug-likeness (QED) is 0.703. The van der Waals surface area contributed by atoms with E-state index in [0.717, 1.165) is 43.6 Å². The number of halogens is 3. The van der Waals surface area contributed by atoms with Gasteiger partial charge < -0.3 is 15.3 Å². The number of aromatic hydroxyl groups is 1. The smallest absolute Gasteiger partial charge is 0.416 e. The van der Waals surface area contributed by atoms with Gasteiger partial charge >= 0.3 is 6.18 Å². The van der Waals surface area contributed by atoms with E-state index in [0.29, 0.717) is 24.1 Å². The molecule has 3 N–H and O–H groups in total. The Morgan fingerprint density at radius 1 is 1.07 bits per heavy atom. The Hall–Kier alpha value is -2.16. The van der Waals surface area contributed by atoms with Crippen LogP contribution in [0.5, 0.6) is 5.75 Å². The zero-order valence-corrected chi connectivity index (χ0v) is 16.8. The second-order valence-corrected chi connectivity index (χ2v) is 8.18. The molecule has 0 spiro atoms. The van der Waals surface area contributed by atoms with Gasteiger partial charge in [-0.15, -0.1) is 0 Å². The van der Waals surface area contributed by atoms with Gasteiger partial charge in [0.05, 0.1) is 23.6 Å². The normalized spacial score (nSPS) is 24.8. The third kappa shape index (κ3) is 5.93. The number of aliphatic hydroxyl groups is 2. The number of fused-ring (bicyclic) bond motifs is 1. The first-order chi connectivity index (χ1) is 14.1. The van der Waals surface area contributed by atoms with Crippen LogP contribution in [0.3, 0.4) is 0 Å². The molecule has 1 aliphatic heterocycles. The van der Waals surface area contributed by atoms with Crippen LogP contribution in [0.2, 0.25) is 0 Å². The van der Waals surface area contributed by atoms with Gasteiger partial charge in [-0.2, -0.15) is 13.2 Å². The highest BCUT2D eigenvalue weighted by Gasteiger charge is 2.40. The molecule has 0 bridgehead atoms. The van der Waals surface area contributed by atoms with E-state index in [2.05, 4.69) is 9.88 Å². The summed E-state index contributed by atoms with van der Waals surface area (Å²) in [5.41, 5.74) is 0.830. The van der Waals surface area contributed by atoms with Crippen molar-refractivity contribution in [2.24, 2.45) is 11.8 Å². The van der Waals surface area contributed by atoms with Crippen LogP contribution in [-0.2, 0) is 6.18 Å². The van der Waals surface area contributed by atoms with E-state index in [-0.39, 0.29) is 11.9 Å². The van der Waals surface area contributed by atoms with Crippen LogP contribution in [0.15, 0.2) is 42.6 Å². The Morgan fingerprint density at radius 2 is 1.67 bits per heavy atom. The van der Waals surface area contributed by atoms with Gasteiger partial charge in [0, 0.05) is 19.6 Å². The van der Waals surface area contributed by atoms with E-state index >= 15 is 0 Å². The third-order valence-electron chi connectivity index (χ3n) is 5.72. The molecule has 5 nitrogen and oxygen atoms in total. The van der Waals surface area contributed by atoms with Crippen molar-refractivity contribution in [3.63, 3.8) is 0 Å². The minimum Gasteiger partial charge on any atom is -0.506 e. The number of rotatable bonds is 3. The van der Waals surface area contributed by atoms with Gasteiger partial charge in [-0.05, 0) is 55.9 Å². The standard InChI is InChI=1S/C14H20N2O3.C8H7F3/c17-11-1-2-13(15-5-11)14(19)8-16-6-9-3-12(18)4-10(9)7-16;1-6-2-4-7(5-3-6)8(9,10)11/h1-2,5,9-10,12,14,17-19H,3-4,6-8H2;2-5H,1H3/t9-,10+,12?,14?;. The fourth-order valence-electron chi connectivity index (χ4n) is 4.19. The molecular formula is C22H27F3N2O3. The summed E-state index contributed by atoms with van der Waals surface area (Å²) < 4.78 is 35.8. The second kappa shape index (κ2) is 9.32. The predicted octanol–water partition coefficient (Wildman–Crippen LogP) is 3.54. The van der Waals surface area contributed by atoms with Gasteiger partial charge in [-0.1, -0.05) is 17.7 Å². The molecule has 1 saturated heterocycles. The number of aliphatic hydroxyl groups excluding tert-OH is 2. The van der Waals surface area contributed by atoms with Crippen molar-refractivity contribution in [1.82, 2.24) is 9.88 Å². The van der Waals surface area contributed by atoms with Crippen LogP contribution >= 0.6 is 0 Å². The first-order valence-electron chi connectivity index (χ1n) is 9.99. The lowest BCUT2D eigenvalue weighted by atomic mass is 10.0. The van der Waals surface area contributed by atoms with Gasteiger partial charge in [-0.25, -0.2) is 0 Å². The molecule has 2 aromatic rings. The maximum absolute atomic E-state index is 11.9. The lowest BCUT2D eigenvalue weighted by Crippen LogP contribution is -2.28. The molecule has 1 aromatic carbocycles. The van der Waals surface area contributed by atoms with Crippen LogP contribution < -0.4 is 0 Å². The van der Waals surface area contributed by atoms with Crippen LogP contribution in [-0.4, -0.2) is 50.9 Å². The molecule has 8 heteroatoms. The second-order valence-electron chi connectivity index (χ2n) is 8.18. The van der Waals surface area contributed by atoms with E-state index in [9.17, 15) is 28.5 Å². The summed E-state index contributed by atoms with van der Waals surface area (Å²) in [5, 5.41) is 28.9. The van der Waals surface area contributed by atoms with E-state index in [4.69, 9.17) is 0 Å². The number of benzene rings is 1. The molecule has 4 rings (SSSR count). The summed E-state index contributed by atoms with van der Waals surface area (Å²) in [4.78, 5) is 6.29. The molecule has 2 aliphatic rings. The summed E-state index contributed by atoms with van der Waals surface area (Å²) in [7, 11) is 0. The number of alkyl halides is 3. The fourth-order valence-corrected chi connectivity index (χ4v) is 4.19. The van der Waals surface area contributed by atoms with Crippen LogP contribution in [0.4, 0.5) is 13.2 Å². The SMILES string of the molecule is Cc1ccc(C(F)(F)F)cc1.Oc1ccc(C(O)CN2C[C@H]3CC(O)C[C@H]3C2)nc1. The van der Waals surface area contributed by atoms with E-state index in [1.54, 1.807) is 19.1 Å². The Kier molecular flexibility index (Phi) is 7.00. The first kappa shape index (κ1) is 22.5. The van der Waals surface area contributed by atoms with E-state index in [1.165, 1.54) is 18.3 Å². The zero-order chi connectivity index (χ0) is 21.9. The third-order valence-corrected chi connectivity index (χ3v) is 5.72. The minimum atomic E-state index is -4.21. The lowest BCUT2D eigenvalue weighted by Gasteiger charge is -2.21. The number of nitrogens with zero attached hydrogens (tertiary/aromatic N) is 2. The monoisotopic (exact) mass is 424 g/mol. The zero-order valence-electron chi connectivity index (χ0n) is 16.8. The van der Waals surface area contributed by atoms with Crippen molar-refractivity contribution in [3.05, 3.63) is 59.4 Å². The van der Waals surface area contributed by atoms with E-state index in [1.807, 2.05) is 0 Å². The number of hydrogen-bond donors (Lipinski definition) is 3. The maximum Gasteiger partial charge on any atom is 0.416 e. The summed E-state index contributed by atoms with van der Waals surface area (Å²) in [6.07, 6.45) is -1.81. The largest absolute Gasteiger partial charge is 0.506 e. The molecule has 1 aromatic heterocycles. The average Bonchev–Trinajstić information content (AvgIpc) is 3.19. The summed E-state index contributed by atoms with van der Waals surface area (Å²) in [5.74, 6) is 1.27. The molecule has 4 atom stereocenters. The van der Waals surface area contributed by atoms with E-state index < -0.39 is 17.8 Å². The summed E-state index contributed by atoms with van der Waals surface area (Å²) >= 11 is 0. The Morgan fingerprint density at radius 3 is 2.17 bits per heavy atom. The van der Waals surface area contributed by atoms with Gasteiger partial charge in [0.2, 0.25) is 0 Å². The van der Waals surface area contributed by atoms with Crippen molar-refractivity contribution < 1.29 is 28.5 Å². The molecule has 0 amide bonds. The number of hydrogen-bond acceptors (Lipinski definition) is 5. The highest BCUT2D eigenvalue weighted by Crippen LogP contribution is 2.38. The van der Waals surface area contributed by atoms with Gasteiger partial charge in [0.25, 0.3) is 0 Å². The van der Waals surface area contributed by atoms with Gasteiger partial charge in [0.15, 0.2) is 0 Å². The van der Waals surface area contributed by atoms with Crippen molar-refractivity contribution in [1.29, 1.82) is 0 Å². The molecule has 164 valence electrons. The lowest BCUT2D eigenvalue weighted by molar-refractivity contribution is -0.137. The number of likely N-dealkylation sites (tertiary alicyclic amines) is 1. The first-order valence-corrected chi connectivity index (χ1v) is 9.99. The molecule has 1 aliphatic carbocycles. The van der Waals surface area contributed by atoms with Crippen molar-refractivity contribution in [2.45, 2.75) is 38.1 Å². The maximum atomic E-state index is 11.9. The molecular weight excluding hydrogens is 397 g/mol. The van der Waals surface area contributed by atoms with Crippen molar-refractivity contribution >= 4 is 0 Å². The fraction of sp³-hybridized carbons (Fsp3) is 0.500. The molecule has 30 heavy (non-hydrogen) atoms. The molecule has 2 unspecified atom stereocenters. The van der Waals surface area contributed by atoms with Gasteiger partial charge in [0.1, 0.15) is 11.9 Å². The van der Waals surface area contributed by atoms with Crippen LogP contribution in [0.25, 0.3) is 0 Å². The Balaban J connectivity index is 0.000000199. The Labute approximate surface area is 173 Å². The topological polar surface area (TPSA) is 76.8 Å². The van der Waals surface area contributed by atoms with Crippen molar-refractivity contribution in [3.8, 4) is 5.75 Å². The molecule has 1 saturated carbocycles. The summed E-state index contributed by atoms with van der Waals surface area (Å²) in [6.45, 7) is 4.23. The van der Waals surface area contributed by atoms with Crippen LogP contribution in [0.1, 0.15) is 35.8 Å². The number of aromatic nitrogens is 1. The van der Waals surface area contributed by atoms with Gasteiger partial charge in [-0.3, -0.25) is 9.88 Å². The number of pyridine rings is 1. The van der Waals surface area contributed by atoms with Crippen LogP contribution in [0, 0.1) is 18.8 Å².